The number of aliphatic hydroxyl groups is 1. The third-order valence-corrected chi connectivity index (χ3v) is 3.75. The lowest BCUT2D eigenvalue weighted by Crippen LogP contribution is -2.34. The second-order valence-corrected chi connectivity index (χ2v) is 6.42. The summed E-state index contributed by atoms with van der Waals surface area (Å²) < 4.78 is 5.91. The first-order chi connectivity index (χ1) is 8.49. The van der Waals surface area contributed by atoms with Gasteiger partial charge in [-0.15, -0.1) is 0 Å². The number of nitrogens with zero attached hydrogens (tertiary/aromatic N) is 1. The highest BCUT2D eigenvalue weighted by Gasteiger charge is 2.21. The van der Waals surface area contributed by atoms with Crippen molar-refractivity contribution in [3.63, 3.8) is 0 Å². The van der Waals surface area contributed by atoms with Crippen molar-refractivity contribution in [3.05, 3.63) is 23.7 Å². The Hall–Kier alpha value is -0.800. The van der Waals surface area contributed by atoms with E-state index in [-0.39, 0.29) is 5.41 Å². The number of hydrogen-bond acceptors (Lipinski definition) is 3. The Labute approximate surface area is 110 Å². The Morgan fingerprint density at radius 1 is 1.28 bits per heavy atom. The lowest BCUT2D eigenvalue weighted by atomic mass is 9.94. The van der Waals surface area contributed by atoms with Crippen LogP contribution in [-0.2, 0) is 12.0 Å². The summed E-state index contributed by atoms with van der Waals surface area (Å²) in [7, 11) is 0. The molecule has 2 rings (SSSR count). The Kier molecular flexibility index (Phi) is 4.13. The molecule has 1 N–H and O–H groups in total. The number of piperidine rings is 1. The van der Waals surface area contributed by atoms with Crippen LogP contribution in [0.1, 0.15) is 45.1 Å². The predicted molar refractivity (Wildman–Crippen MR) is 72.5 cm³/mol. The maximum Gasteiger partial charge on any atom is 0.118 e. The van der Waals surface area contributed by atoms with E-state index in [2.05, 4.69) is 37.8 Å². The summed E-state index contributed by atoms with van der Waals surface area (Å²) in [5.74, 6) is 2.62. The number of aliphatic hydroxyl groups excluding tert-OH is 1. The highest BCUT2D eigenvalue weighted by atomic mass is 16.3. The Balaban J connectivity index is 1.89. The molecule has 1 aromatic rings. The summed E-state index contributed by atoms with van der Waals surface area (Å²) in [5, 5.41) is 9.12. The summed E-state index contributed by atoms with van der Waals surface area (Å²) in [6.45, 7) is 9.87. The van der Waals surface area contributed by atoms with Gasteiger partial charge in [-0.1, -0.05) is 20.8 Å². The topological polar surface area (TPSA) is 36.6 Å². The smallest absolute Gasteiger partial charge is 0.118 e. The van der Waals surface area contributed by atoms with E-state index >= 15 is 0 Å². The van der Waals surface area contributed by atoms with Crippen LogP contribution >= 0.6 is 0 Å². The fourth-order valence-corrected chi connectivity index (χ4v) is 2.41. The minimum atomic E-state index is 0.0854. The van der Waals surface area contributed by atoms with Crippen molar-refractivity contribution in [1.29, 1.82) is 0 Å². The van der Waals surface area contributed by atoms with Gasteiger partial charge < -0.3 is 9.52 Å². The van der Waals surface area contributed by atoms with E-state index in [1.54, 1.807) is 0 Å². The number of rotatable bonds is 3. The molecule has 0 bridgehead atoms. The molecule has 0 aromatic carbocycles. The molecular formula is C15H25NO2. The zero-order valence-corrected chi connectivity index (χ0v) is 11.8. The highest BCUT2D eigenvalue weighted by Crippen LogP contribution is 2.25. The monoisotopic (exact) mass is 251 g/mol. The molecule has 1 aliphatic rings. The fourth-order valence-electron chi connectivity index (χ4n) is 2.41. The first-order valence-electron chi connectivity index (χ1n) is 6.91. The summed E-state index contributed by atoms with van der Waals surface area (Å²) in [6, 6.07) is 4.19. The van der Waals surface area contributed by atoms with Gasteiger partial charge >= 0.3 is 0 Å². The molecule has 0 radical (unpaired) electrons. The molecule has 0 spiro atoms. The molecule has 3 heteroatoms. The van der Waals surface area contributed by atoms with Crippen LogP contribution in [0, 0.1) is 5.92 Å². The van der Waals surface area contributed by atoms with E-state index in [0.717, 1.165) is 44.0 Å². The molecule has 2 heterocycles. The van der Waals surface area contributed by atoms with Crippen molar-refractivity contribution >= 4 is 0 Å². The Morgan fingerprint density at radius 3 is 2.44 bits per heavy atom. The number of furan rings is 1. The average Bonchev–Trinajstić information content (AvgIpc) is 2.78. The van der Waals surface area contributed by atoms with E-state index in [9.17, 15) is 0 Å². The molecule has 3 nitrogen and oxygen atoms in total. The molecule has 1 aromatic heterocycles. The van der Waals surface area contributed by atoms with Gasteiger partial charge in [-0.3, -0.25) is 4.90 Å². The van der Waals surface area contributed by atoms with Crippen molar-refractivity contribution in [2.24, 2.45) is 5.92 Å². The molecule has 0 unspecified atom stereocenters. The average molecular weight is 251 g/mol. The molecule has 1 fully saturated rings. The van der Waals surface area contributed by atoms with Crippen LogP contribution in [0.25, 0.3) is 0 Å². The number of likely N-dealkylation sites (tertiary alicyclic amines) is 1. The molecule has 0 saturated carbocycles. The van der Waals surface area contributed by atoms with E-state index in [0.29, 0.717) is 12.5 Å². The van der Waals surface area contributed by atoms with Crippen LogP contribution in [0.5, 0.6) is 0 Å². The second kappa shape index (κ2) is 5.45. The summed E-state index contributed by atoms with van der Waals surface area (Å²) in [5.41, 5.74) is 0.0854. The van der Waals surface area contributed by atoms with E-state index in [1.807, 2.05) is 0 Å². The normalized spacial score (nSPS) is 19.3. The standard InChI is InChI=1S/C15H25NO2/c1-15(2,3)14-5-4-13(18-14)10-16-8-6-12(11-17)7-9-16/h4-5,12,17H,6-11H2,1-3H3. The van der Waals surface area contributed by atoms with Gasteiger partial charge in [0.1, 0.15) is 11.5 Å². The van der Waals surface area contributed by atoms with E-state index in [4.69, 9.17) is 9.52 Å². The van der Waals surface area contributed by atoms with Gasteiger partial charge in [0.15, 0.2) is 0 Å². The summed E-state index contributed by atoms with van der Waals surface area (Å²) in [4.78, 5) is 2.41. The SMILES string of the molecule is CC(C)(C)c1ccc(CN2CCC(CO)CC2)o1. The van der Waals surface area contributed by atoms with Crippen LogP contribution in [0.2, 0.25) is 0 Å². The quantitative estimate of drug-likeness (QED) is 0.897. The van der Waals surface area contributed by atoms with Crippen LogP contribution in [0.4, 0.5) is 0 Å². The third kappa shape index (κ3) is 3.36. The second-order valence-electron chi connectivity index (χ2n) is 6.42. The summed E-state index contributed by atoms with van der Waals surface area (Å²) >= 11 is 0. The van der Waals surface area contributed by atoms with Gasteiger partial charge in [-0.25, -0.2) is 0 Å². The lowest BCUT2D eigenvalue weighted by molar-refractivity contribution is 0.121. The van der Waals surface area contributed by atoms with Crippen molar-refractivity contribution in [3.8, 4) is 0 Å². The summed E-state index contributed by atoms with van der Waals surface area (Å²) in [6.07, 6.45) is 2.20. The van der Waals surface area contributed by atoms with Crippen LogP contribution in [0.15, 0.2) is 16.5 Å². The van der Waals surface area contributed by atoms with Gasteiger partial charge in [-0.2, -0.15) is 0 Å². The first-order valence-corrected chi connectivity index (χ1v) is 6.91. The predicted octanol–water partition coefficient (Wildman–Crippen LogP) is 2.78. The number of hydrogen-bond donors (Lipinski definition) is 1. The molecule has 0 amide bonds. The molecule has 0 aliphatic carbocycles. The molecule has 0 atom stereocenters. The minimum absolute atomic E-state index is 0.0854. The molecular weight excluding hydrogens is 226 g/mol. The third-order valence-electron chi connectivity index (χ3n) is 3.75. The van der Waals surface area contributed by atoms with Crippen LogP contribution in [-0.4, -0.2) is 29.7 Å². The van der Waals surface area contributed by atoms with Gasteiger partial charge in [0, 0.05) is 12.0 Å². The van der Waals surface area contributed by atoms with Crippen molar-refractivity contribution in [2.45, 2.75) is 45.6 Å². The molecule has 1 saturated heterocycles. The zero-order valence-electron chi connectivity index (χ0n) is 11.8. The van der Waals surface area contributed by atoms with Crippen molar-refractivity contribution < 1.29 is 9.52 Å². The van der Waals surface area contributed by atoms with E-state index in [1.165, 1.54) is 0 Å². The maximum atomic E-state index is 9.12. The Morgan fingerprint density at radius 2 is 1.94 bits per heavy atom. The zero-order chi connectivity index (χ0) is 13.2. The largest absolute Gasteiger partial charge is 0.464 e. The van der Waals surface area contributed by atoms with Gasteiger partial charge in [0.25, 0.3) is 0 Å². The van der Waals surface area contributed by atoms with Crippen molar-refractivity contribution in [1.82, 2.24) is 4.90 Å². The minimum Gasteiger partial charge on any atom is -0.464 e. The Bertz CT molecular complexity index is 370. The van der Waals surface area contributed by atoms with Crippen LogP contribution < -0.4 is 0 Å². The molecule has 1 aliphatic heterocycles. The highest BCUT2D eigenvalue weighted by molar-refractivity contribution is 5.14. The van der Waals surface area contributed by atoms with E-state index < -0.39 is 0 Å². The lowest BCUT2D eigenvalue weighted by Gasteiger charge is -2.30. The molecule has 102 valence electrons. The van der Waals surface area contributed by atoms with Crippen LogP contribution in [0.3, 0.4) is 0 Å². The van der Waals surface area contributed by atoms with Gasteiger partial charge in [-0.05, 0) is 44.0 Å². The van der Waals surface area contributed by atoms with Gasteiger partial charge in [0.2, 0.25) is 0 Å². The molecule has 18 heavy (non-hydrogen) atoms. The fraction of sp³-hybridized carbons (Fsp3) is 0.733. The first kappa shape index (κ1) is 13.6. The van der Waals surface area contributed by atoms with Gasteiger partial charge in [0.05, 0.1) is 6.54 Å². The van der Waals surface area contributed by atoms with Crippen molar-refractivity contribution in [2.75, 3.05) is 19.7 Å². The maximum absolute atomic E-state index is 9.12.